The van der Waals surface area contributed by atoms with Gasteiger partial charge in [-0.15, -0.1) is 11.3 Å². The van der Waals surface area contributed by atoms with Crippen molar-refractivity contribution < 1.29 is 0 Å². The molecule has 2 heteroatoms. The summed E-state index contributed by atoms with van der Waals surface area (Å²) in [6.07, 6.45) is 2.35. The van der Waals surface area contributed by atoms with Gasteiger partial charge in [0.25, 0.3) is 0 Å². The van der Waals surface area contributed by atoms with Crippen LogP contribution < -0.4 is 0 Å². The van der Waals surface area contributed by atoms with Crippen LogP contribution in [0.1, 0.15) is 18.9 Å². The molecular formula is C22H19NS. The Morgan fingerprint density at radius 3 is 2.54 bits per heavy atom. The molecule has 24 heavy (non-hydrogen) atoms. The van der Waals surface area contributed by atoms with E-state index in [2.05, 4.69) is 73.1 Å². The van der Waals surface area contributed by atoms with Crippen molar-refractivity contribution in [3.05, 3.63) is 60.2 Å². The Hall–Kier alpha value is -2.32. The molecule has 1 nitrogen and oxygen atoms in total. The second-order valence-electron chi connectivity index (χ2n) is 6.59. The van der Waals surface area contributed by atoms with Gasteiger partial charge in [0.2, 0.25) is 0 Å². The van der Waals surface area contributed by atoms with E-state index in [1.165, 1.54) is 54.0 Å². The van der Waals surface area contributed by atoms with Gasteiger partial charge in [0.1, 0.15) is 0 Å². The average Bonchev–Trinajstić information content (AvgIpc) is 3.11. The lowest BCUT2D eigenvalue weighted by Gasteiger charge is -2.00. The lowest BCUT2D eigenvalue weighted by molar-refractivity contribution is 0.931. The van der Waals surface area contributed by atoms with Gasteiger partial charge in [-0.3, -0.25) is 0 Å². The van der Waals surface area contributed by atoms with Crippen molar-refractivity contribution in [2.24, 2.45) is 7.05 Å². The lowest BCUT2D eigenvalue weighted by Crippen LogP contribution is -1.85. The molecule has 0 saturated carbocycles. The molecular weight excluding hydrogens is 310 g/mol. The van der Waals surface area contributed by atoms with Gasteiger partial charge in [-0.1, -0.05) is 49.7 Å². The third-order valence-corrected chi connectivity index (χ3v) is 6.38. The van der Waals surface area contributed by atoms with Crippen LogP contribution in [0.25, 0.3) is 42.0 Å². The standard InChI is InChI=1S/C22H19NS/c1-3-7-14-8-6-10-16-18-12-17-15-9-4-5-11-19(15)23(2)20(17)13-21(18)24-22(14)16/h4-6,8-13H,3,7H2,1-2H3. The molecule has 5 aromatic rings. The number of aryl methyl sites for hydroxylation is 2. The summed E-state index contributed by atoms with van der Waals surface area (Å²) in [5, 5.41) is 5.52. The van der Waals surface area contributed by atoms with E-state index in [1.54, 1.807) is 0 Å². The topological polar surface area (TPSA) is 4.93 Å². The maximum absolute atomic E-state index is 2.40. The summed E-state index contributed by atoms with van der Waals surface area (Å²) < 4.78 is 5.18. The molecule has 0 unspecified atom stereocenters. The second-order valence-corrected chi connectivity index (χ2v) is 7.64. The lowest BCUT2D eigenvalue weighted by atomic mass is 10.0. The van der Waals surface area contributed by atoms with Crippen LogP contribution in [0.4, 0.5) is 0 Å². The molecule has 0 spiro atoms. The summed E-state index contributed by atoms with van der Waals surface area (Å²) in [7, 11) is 2.17. The first kappa shape index (κ1) is 14.1. The Bertz CT molecular complexity index is 1220. The van der Waals surface area contributed by atoms with Gasteiger partial charge in [-0.2, -0.15) is 0 Å². The van der Waals surface area contributed by atoms with Crippen molar-refractivity contribution >= 4 is 53.3 Å². The predicted octanol–water partition coefficient (Wildman–Crippen LogP) is 6.65. The van der Waals surface area contributed by atoms with Crippen LogP contribution in [0.5, 0.6) is 0 Å². The minimum absolute atomic E-state index is 1.16. The number of hydrogen-bond acceptors (Lipinski definition) is 1. The van der Waals surface area contributed by atoms with Crippen LogP contribution in [-0.4, -0.2) is 4.57 Å². The molecule has 0 atom stereocenters. The summed E-state index contributed by atoms with van der Waals surface area (Å²) in [6.45, 7) is 2.26. The number of nitrogens with zero attached hydrogens (tertiary/aromatic N) is 1. The zero-order valence-corrected chi connectivity index (χ0v) is 14.8. The van der Waals surface area contributed by atoms with Crippen molar-refractivity contribution in [1.82, 2.24) is 4.57 Å². The zero-order chi connectivity index (χ0) is 16.3. The molecule has 0 aliphatic heterocycles. The first-order chi connectivity index (χ1) is 11.8. The fourth-order valence-corrected chi connectivity index (χ4v) is 5.23. The molecule has 118 valence electrons. The maximum atomic E-state index is 2.40. The van der Waals surface area contributed by atoms with Crippen LogP contribution in [0.15, 0.2) is 54.6 Å². The molecule has 0 radical (unpaired) electrons. The predicted molar refractivity (Wildman–Crippen MR) is 107 cm³/mol. The number of para-hydroxylation sites is 1. The summed E-state index contributed by atoms with van der Waals surface area (Å²) >= 11 is 1.95. The van der Waals surface area contributed by atoms with Gasteiger partial charge in [-0.05, 0) is 30.2 Å². The molecule has 2 heterocycles. The van der Waals surface area contributed by atoms with Crippen LogP contribution in [0, 0.1) is 0 Å². The number of benzene rings is 3. The Balaban J connectivity index is 1.95. The third-order valence-electron chi connectivity index (χ3n) is 5.13. The quantitative estimate of drug-likeness (QED) is 0.341. The number of rotatable bonds is 2. The minimum atomic E-state index is 1.16. The monoisotopic (exact) mass is 329 g/mol. The summed E-state index contributed by atoms with van der Waals surface area (Å²) in [5.41, 5.74) is 4.12. The van der Waals surface area contributed by atoms with E-state index in [0.717, 1.165) is 6.42 Å². The van der Waals surface area contributed by atoms with Gasteiger partial charge >= 0.3 is 0 Å². The Morgan fingerprint density at radius 1 is 0.833 bits per heavy atom. The molecule has 3 aromatic carbocycles. The fourth-order valence-electron chi connectivity index (χ4n) is 3.97. The number of thiophene rings is 1. The highest BCUT2D eigenvalue weighted by Crippen LogP contribution is 2.40. The molecule has 5 rings (SSSR count). The first-order valence-electron chi connectivity index (χ1n) is 8.59. The maximum Gasteiger partial charge on any atom is 0.0503 e. The van der Waals surface area contributed by atoms with Gasteiger partial charge in [0.15, 0.2) is 0 Å². The minimum Gasteiger partial charge on any atom is -0.344 e. The molecule has 0 aliphatic carbocycles. The van der Waals surface area contributed by atoms with Gasteiger partial charge in [0.05, 0.1) is 5.52 Å². The number of hydrogen-bond donors (Lipinski definition) is 0. The van der Waals surface area contributed by atoms with E-state index in [0.29, 0.717) is 0 Å². The van der Waals surface area contributed by atoms with E-state index in [-0.39, 0.29) is 0 Å². The van der Waals surface area contributed by atoms with E-state index in [1.807, 2.05) is 11.3 Å². The second kappa shape index (κ2) is 5.09. The van der Waals surface area contributed by atoms with Crippen LogP contribution >= 0.6 is 11.3 Å². The van der Waals surface area contributed by atoms with E-state index in [4.69, 9.17) is 0 Å². The highest BCUT2D eigenvalue weighted by Gasteiger charge is 2.13. The highest BCUT2D eigenvalue weighted by molar-refractivity contribution is 7.26. The average molecular weight is 329 g/mol. The van der Waals surface area contributed by atoms with Gasteiger partial charge in [-0.25, -0.2) is 0 Å². The Labute approximate surface area is 145 Å². The van der Waals surface area contributed by atoms with E-state index >= 15 is 0 Å². The molecule has 0 bridgehead atoms. The van der Waals surface area contributed by atoms with Crippen LogP contribution in [0.2, 0.25) is 0 Å². The number of fused-ring (bicyclic) bond motifs is 6. The summed E-state index contributed by atoms with van der Waals surface area (Å²) in [6, 6.07) is 20.3. The normalized spacial score (nSPS) is 12.1. The Kier molecular flexibility index (Phi) is 2.98. The van der Waals surface area contributed by atoms with Crippen molar-refractivity contribution in [2.75, 3.05) is 0 Å². The van der Waals surface area contributed by atoms with E-state index < -0.39 is 0 Å². The molecule has 0 amide bonds. The van der Waals surface area contributed by atoms with Crippen LogP contribution in [0.3, 0.4) is 0 Å². The molecule has 0 fully saturated rings. The van der Waals surface area contributed by atoms with Crippen molar-refractivity contribution in [3.63, 3.8) is 0 Å². The third kappa shape index (κ3) is 1.81. The highest BCUT2D eigenvalue weighted by atomic mass is 32.1. The molecule has 2 aromatic heterocycles. The molecule has 0 aliphatic rings. The van der Waals surface area contributed by atoms with Gasteiger partial charge < -0.3 is 4.57 Å². The smallest absolute Gasteiger partial charge is 0.0503 e. The summed E-state index contributed by atoms with van der Waals surface area (Å²) in [4.78, 5) is 0. The first-order valence-corrected chi connectivity index (χ1v) is 9.41. The summed E-state index contributed by atoms with van der Waals surface area (Å²) in [5.74, 6) is 0. The fraction of sp³-hybridized carbons (Fsp3) is 0.182. The van der Waals surface area contributed by atoms with Crippen molar-refractivity contribution in [1.29, 1.82) is 0 Å². The van der Waals surface area contributed by atoms with Crippen LogP contribution in [-0.2, 0) is 13.5 Å². The largest absolute Gasteiger partial charge is 0.344 e. The van der Waals surface area contributed by atoms with E-state index in [9.17, 15) is 0 Å². The van der Waals surface area contributed by atoms with Crippen molar-refractivity contribution in [3.8, 4) is 0 Å². The SMILES string of the molecule is CCCc1cccc2c1sc1cc3c(cc12)c1ccccc1n3C. The van der Waals surface area contributed by atoms with Crippen molar-refractivity contribution in [2.45, 2.75) is 19.8 Å². The number of aromatic nitrogens is 1. The Morgan fingerprint density at radius 2 is 1.67 bits per heavy atom. The molecule has 0 saturated heterocycles. The zero-order valence-electron chi connectivity index (χ0n) is 14.0. The molecule has 0 N–H and O–H groups in total. The van der Waals surface area contributed by atoms with Gasteiger partial charge in [0, 0.05) is 43.5 Å².